The minimum Gasteiger partial charge on any atom is -0.504 e. The molecule has 5 nitrogen and oxygen atoms in total. The molecule has 0 saturated heterocycles. The summed E-state index contributed by atoms with van der Waals surface area (Å²) in [4.78, 5) is 4.46. The average molecular weight is 271 g/mol. The zero-order chi connectivity index (χ0) is 14.3. The summed E-state index contributed by atoms with van der Waals surface area (Å²) in [5.41, 5.74) is 1.32. The van der Waals surface area contributed by atoms with E-state index in [-0.39, 0.29) is 17.2 Å². The standard InChI is InChI=1S/C15H13NO4/c1-19-9-3-4-11-8(5-9)6-10-12(16-11)7-13(20-2)15(18)14(10)17/h3-7,17-18H,1-2H3. The predicted octanol–water partition coefficient (Wildman–Crippen LogP) is 2.82. The van der Waals surface area contributed by atoms with Gasteiger partial charge in [0.15, 0.2) is 11.5 Å². The average Bonchev–Trinajstić information content (AvgIpc) is 2.48. The Morgan fingerprint density at radius 3 is 2.40 bits per heavy atom. The van der Waals surface area contributed by atoms with Crippen molar-refractivity contribution in [1.82, 2.24) is 4.98 Å². The van der Waals surface area contributed by atoms with Crippen LogP contribution in [0.1, 0.15) is 0 Å². The maximum Gasteiger partial charge on any atom is 0.201 e. The number of aromatic nitrogens is 1. The molecule has 1 aromatic heterocycles. The van der Waals surface area contributed by atoms with Gasteiger partial charge in [0.05, 0.1) is 25.3 Å². The smallest absolute Gasteiger partial charge is 0.201 e. The maximum absolute atomic E-state index is 10.1. The monoisotopic (exact) mass is 271 g/mol. The van der Waals surface area contributed by atoms with Crippen LogP contribution in [0.2, 0.25) is 0 Å². The molecule has 0 saturated carbocycles. The fourth-order valence-corrected chi connectivity index (χ4v) is 2.19. The number of hydrogen-bond donors (Lipinski definition) is 2. The number of methoxy groups -OCH3 is 2. The molecule has 1 heterocycles. The Bertz CT molecular complexity index is 814. The molecule has 0 spiro atoms. The van der Waals surface area contributed by atoms with E-state index < -0.39 is 0 Å². The maximum atomic E-state index is 10.1. The lowest BCUT2D eigenvalue weighted by atomic mass is 10.1. The fraction of sp³-hybridized carbons (Fsp3) is 0.133. The summed E-state index contributed by atoms with van der Waals surface area (Å²) < 4.78 is 10.2. The molecule has 3 rings (SSSR count). The van der Waals surface area contributed by atoms with Gasteiger partial charge in [0, 0.05) is 16.8 Å². The highest BCUT2D eigenvalue weighted by atomic mass is 16.5. The van der Waals surface area contributed by atoms with Crippen LogP contribution in [-0.2, 0) is 0 Å². The second-order valence-corrected chi connectivity index (χ2v) is 4.39. The predicted molar refractivity (Wildman–Crippen MR) is 75.7 cm³/mol. The molecule has 0 fully saturated rings. The topological polar surface area (TPSA) is 71.8 Å². The van der Waals surface area contributed by atoms with Crippen LogP contribution in [0.4, 0.5) is 0 Å². The molecule has 20 heavy (non-hydrogen) atoms. The molecule has 0 aliphatic heterocycles. The number of hydrogen-bond acceptors (Lipinski definition) is 5. The van der Waals surface area contributed by atoms with E-state index in [1.165, 1.54) is 7.11 Å². The fourth-order valence-electron chi connectivity index (χ4n) is 2.19. The van der Waals surface area contributed by atoms with Gasteiger partial charge in [0.25, 0.3) is 0 Å². The zero-order valence-corrected chi connectivity index (χ0v) is 11.0. The zero-order valence-electron chi connectivity index (χ0n) is 11.0. The third-order valence-electron chi connectivity index (χ3n) is 3.25. The van der Waals surface area contributed by atoms with Gasteiger partial charge >= 0.3 is 0 Å². The molecule has 0 amide bonds. The number of phenols is 2. The largest absolute Gasteiger partial charge is 0.504 e. The van der Waals surface area contributed by atoms with E-state index in [4.69, 9.17) is 9.47 Å². The summed E-state index contributed by atoms with van der Waals surface area (Å²) in [5.74, 6) is 0.367. The minimum absolute atomic E-state index is 0.190. The van der Waals surface area contributed by atoms with Gasteiger partial charge in [-0.2, -0.15) is 0 Å². The normalized spacial score (nSPS) is 10.9. The van der Waals surface area contributed by atoms with Crippen LogP contribution in [0.15, 0.2) is 30.3 Å². The SMILES string of the molecule is COc1ccc2nc3cc(OC)c(O)c(O)c3cc2c1. The quantitative estimate of drug-likeness (QED) is 0.554. The summed E-state index contributed by atoms with van der Waals surface area (Å²) in [6, 6.07) is 8.83. The number of rotatable bonds is 2. The number of pyridine rings is 1. The van der Waals surface area contributed by atoms with E-state index in [0.717, 1.165) is 10.9 Å². The van der Waals surface area contributed by atoms with Crippen LogP contribution in [0, 0.1) is 0 Å². The van der Waals surface area contributed by atoms with Crippen molar-refractivity contribution in [3.05, 3.63) is 30.3 Å². The van der Waals surface area contributed by atoms with Crippen LogP contribution in [-0.4, -0.2) is 29.4 Å². The summed E-state index contributed by atoms with van der Waals surface area (Å²) in [5, 5.41) is 21.2. The molecule has 2 aromatic carbocycles. The van der Waals surface area contributed by atoms with Gasteiger partial charge in [-0.05, 0) is 24.3 Å². The van der Waals surface area contributed by atoms with E-state index in [9.17, 15) is 10.2 Å². The van der Waals surface area contributed by atoms with Crippen molar-refractivity contribution in [3.8, 4) is 23.0 Å². The van der Waals surface area contributed by atoms with Gasteiger partial charge in [0.2, 0.25) is 5.75 Å². The van der Waals surface area contributed by atoms with Gasteiger partial charge in [-0.3, -0.25) is 0 Å². The van der Waals surface area contributed by atoms with Crippen molar-refractivity contribution in [3.63, 3.8) is 0 Å². The number of aromatic hydroxyl groups is 2. The van der Waals surface area contributed by atoms with Crippen molar-refractivity contribution in [2.24, 2.45) is 0 Å². The minimum atomic E-state index is -0.288. The third kappa shape index (κ3) is 1.75. The summed E-state index contributed by atoms with van der Waals surface area (Å²) in [7, 11) is 3.01. The second-order valence-electron chi connectivity index (χ2n) is 4.39. The first kappa shape index (κ1) is 12.3. The van der Waals surface area contributed by atoms with Gasteiger partial charge in [-0.25, -0.2) is 4.98 Å². The van der Waals surface area contributed by atoms with E-state index in [1.54, 1.807) is 19.2 Å². The Morgan fingerprint density at radius 2 is 1.70 bits per heavy atom. The summed E-state index contributed by atoms with van der Waals surface area (Å²) in [6.07, 6.45) is 0. The van der Waals surface area contributed by atoms with Crippen LogP contribution in [0.25, 0.3) is 21.8 Å². The molecule has 0 atom stereocenters. The van der Waals surface area contributed by atoms with Crippen molar-refractivity contribution < 1.29 is 19.7 Å². The van der Waals surface area contributed by atoms with Crippen LogP contribution < -0.4 is 9.47 Å². The van der Waals surface area contributed by atoms with Crippen LogP contribution in [0.3, 0.4) is 0 Å². The molecule has 5 heteroatoms. The molecule has 0 aliphatic carbocycles. The van der Waals surface area contributed by atoms with Gasteiger partial charge in [-0.1, -0.05) is 0 Å². The van der Waals surface area contributed by atoms with Crippen molar-refractivity contribution in [2.45, 2.75) is 0 Å². The molecule has 0 bridgehead atoms. The first-order valence-corrected chi connectivity index (χ1v) is 6.01. The summed E-state index contributed by atoms with van der Waals surface area (Å²) in [6.45, 7) is 0. The Labute approximate surface area is 115 Å². The second kappa shape index (κ2) is 4.45. The highest BCUT2D eigenvalue weighted by Gasteiger charge is 2.14. The van der Waals surface area contributed by atoms with Gasteiger partial charge < -0.3 is 19.7 Å². The molecule has 0 unspecified atom stereocenters. The molecule has 102 valence electrons. The molecule has 0 aliphatic rings. The van der Waals surface area contributed by atoms with Crippen molar-refractivity contribution in [1.29, 1.82) is 0 Å². The summed E-state index contributed by atoms with van der Waals surface area (Å²) >= 11 is 0. The van der Waals surface area contributed by atoms with Gasteiger partial charge in [0.1, 0.15) is 5.75 Å². The van der Waals surface area contributed by atoms with E-state index >= 15 is 0 Å². The molecule has 2 N–H and O–H groups in total. The van der Waals surface area contributed by atoms with Crippen molar-refractivity contribution in [2.75, 3.05) is 14.2 Å². The van der Waals surface area contributed by atoms with E-state index in [2.05, 4.69) is 4.98 Å². The first-order chi connectivity index (χ1) is 9.63. The van der Waals surface area contributed by atoms with Crippen LogP contribution >= 0.6 is 0 Å². The first-order valence-electron chi connectivity index (χ1n) is 6.01. The Hall–Kier alpha value is -2.69. The highest BCUT2D eigenvalue weighted by Crippen LogP contribution is 2.42. The van der Waals surface area contributed by atoms with E-state index in [0.29, 0.717) is 16.7 Å². The Balaban J connectivity index is 2.38. The van der Waals surface area contributed by atoms with Crippen molar-refractivity contribution >= 4 is 21.8 Å². The third-order valence-corrected chi connectivity index (χ3v) is 3.25. The highest BCUT2D eigenvalue weighted by molar-refractivity contribution is 5.98. The lowest BCUT2D eigenvalue weighted by Crippen LogP contribution is -1.89. The Morgan fingerprint density at radius 1 is 0.900 bits per heavy atom. The molecular formula is C15H13NO4. The number of benzene rings is 2. The number of nitrogens with zero attached hydrogens (tertiary/aromatic N) is 1. The lowest BCUT2D eigenvalue weighted by molar-refractivity contribution is 0.353. The van der Waals surface area contributed by atoms with Gasteiger partial charge in [-0.15, -0.1) is 0 Å². The van der Waals surface area contributed by atoms with Crippen LogP contribution in [0.5, 0.6) is 23.0 Å². The van der Waals surface area contributed by atoms with E-state index in [1.807, 2.05) is 18.2 Å². The number of fused-ring (bicyclic) bond motifs is 2. The Kier molecular flexibility index (Phi) is 2.75. The number of phenolic OH excluding ortho intramolecular Hbond substituents is 2. The molecule has 0 radical (unpaired) electrons. The lowest BCUT2D eigenvalue weighted by Gasteiger charge is -2.09. The molecular weight excluding hydrogens is 258 g/mol. The molecule has 3 aromatic rings. The number of ether oxygens (including phenoxy) is 2.